The van der Waals surface area contributed by atoms with Crippen LogP contribution in [0, 0.1) is 11.8 Å². The first-order valence-corrected chi connectivity index (χ1v) is 5.00. The molecule has 3 heteroatoms. The molecule has 0 spiro atoms. The molecule has 0 amide bonds. The average Bonchev–Trinajstić information content (AvgIpc) is 2.67. The van der Waals surface area contributed by atoms with Gasteiger partial charge in [0.25, 0.3) is 0 Å². The average molecular weight is 178 g/mol. The van der Waals surface area contributed by atoms with Crippen LogP contribution < -0.4 is 5.73 Å². The van der Waals surface area contributed by atoms with Gasteiger partial charge in [0.2, 0.25) is 0 Å². The number of hydrogen-bond donors (Lipinski definition) is 1. The molecule has 1 aromatic heterocycles. The van der Waals surface area contributed by atoms with Gasteiger partial charge in [0.1, 0.15) is 5.76 Å². The van der Waals surface area contributed by atoms with Crippen LogP contribution in [0.25, 0.3) is 0 Å². The minimum Gasteiger partial charge on any atom is -0.448 e. The SMILES string of the molecule is NCc1ncoc1C1CC2CC2C1. The Kier molecular flexibility index (Phi) is 1.50. The molecule has 2 saturated carbocycles. The monoisotopic (exact) mass is 178 g/mol. The van der Waals surface area contributed by atoms with E-state index in [9.17, 15) is 0 Å². The second kappa shape index (κ2) is 2.58. The Hall–Kier alpha value is -0.830. The molecule has 0 radical (unpaired) electrons. The molecule has 0 aliphatic heterocycles. The van der Waals surface area contributed by atoms with Gasteiger partial charge in [0.05, 0.1) is 5.69 Å². The molecule has 2 N–H and O–H groups in total. The minimum absolute atomic E-state index is 0.512. The number of rotatable bonds is 2. The van der Waals surface area contributed by atoms with Crippen LogP contribution in [0.4, 0.5) is 0 Å². The summed E-state index contributed by atoms with van der Waals surface area (Å²) in [6, 6.07) is 0. The van der Waals surface area contributed by atoms with E-state index >= 15 is 0 Å². The van der Waals surface area contributed by atoms with E-state index in [4.69, 9.17) is 10.2 Å². The molecule has 0 aromatic carbocycles. The van der Waals surface area contributed by atoms with E-state index in [0.717, 1.165) is 23.3 Å². The van der Waals surface area contributed by atoms with Crippen LogP contribution in [-0.4, -0.2) is 4.98 Å². The van der Waals surface area contributed by atoms with Crippen molar-refractivity contribution in [1.29, 1.82) is 0 Å². The molecular formula is C10H14N2O. The van der Waals surface area contributed by atoms with Crippen molar-refractivity contribution in [2.24, 2.45) is 17.6 Å². The lowest BCUT2D eigenvalue weighted by Gasteiger charge is -2.08. The number of fused-ring (bicyclic) bond motifs is 1. The molecule has 1 aromatic rings. The molecule has 2 atom stereocenters. The maximum atomic E-state index is 5.59. The first-order chi connectivity index (χ1) is 6.38. The van der Waals surface area contributed by atoms with Crippen molar-refractivity contribution in [2.75, 3.05) is 0 Å². The summed E-state index contributed by atoms with van der Waals surface area (Å²) < 4.78 is 5.42. The van der Waals surface area contributed by atoms with Gasteiger partial charge >= 0.3 is 0 Å². The van der Waals surface area contributed by atoms with E-state index in [-0.39, 0.29) is 0 Å². The van der Waals surface area contributed by atoms with E-state index in [1.807, 2.05) is 0 Å². The summed E-state index contributed by atoms with van der Waals surface area (Å²) in [6.45, 7) is 0.512. The lowest BCUT2D eigenvalue weighted by atomic mass is 9.99. The Labute approximate surface area is 77.3 Å². The van der Waals surface area contributed by atoms with Crippen molar-refractivity contribution in [3.8, 4) is 0 Å². The van der Waals surface area contributed by atoms with Crippen molar-refractivity contribution < 1.29 is 4.42 Å². The Morgan fingerprint density at radius 1 is 1.38 bits per heavy atom. The molecule has 3 nitrogen and oxygen atoms in total. The zero-order chi connectivity index (χ0) is 8.84. The van der Waals surface area contributed by atoms with Crippen LogP contribution >= 0.6 is 0 Å². The molecular weight excluding hydrogens is 164 g/mol. The van der Waals surface area contributed by atoms with Gasteiger partial charge in [-0.15, -0.1) is 0 Å². The van der Waals surface area contributed by atoms with E-state index in [1.165, 1.54) is 25.7 Å². The number of hydrogen-bond acceptors (Lipinski definition) is 3. The topological polar surface area (TPSA) is 52.0 Å². The van der Waals surface area contributed by atoms with Crippen LogP contribution in [0.2, 0.25) is 0 Å². The van der Waals surface area contributed by atoms with Gasteiger partial charge in [-0.3, -0.25) is 0 Å². The summed E-state index contributed by atoms with van der Waals surface area (Å²) in [5.41, 5.74) is 6.55. The van der Waals surface area contributed by atoms with Crippen molar-refractivity contribution in [2.45, 2.75) is 31.7 Å². The fourth-order valence-corrected chi connectivity index (χ4v) is 2.69. The molecule has 2 fully saturated rings. The minimum atomic E-state index is 0.512. The van der Waals surface area contributed by atoms with Gasteiger partial charge in [0.15, 0.2) is 6.39 Å². The zero-order valence-electron chi connectivity index (χ0n) is 7.57. The van der Waals surface area contributed by atoms with Gasteiger partial charge < -0.3 is 10.2 Å². The molecule has 0 saturated heterocycles. The molecule has 3 rings (SSSR count). The summed E-state index contributed by atoms with van der Waals surface area (Å²) in [5, 5.41) is 0. The molecule has 0 bridgehead atoms. The summed E-state index contributed by atoms with van der Waals surface area (Å²) in [6.07, 6.45) is 5.57. The molecule has 2 aliphatic rings. The Bertz CT molecular complexity index is 310. The molecule has 1 heterocycles. The standard InChI is InChI=1S/C10H14N2O/c11-4-9-10(13-5-12-9)8-2-6-1-7(6)3-8/h5-8H,1-4,11H2. The van der Waals surface area contributed by atoms with Crippen LogP contribution in [-0.2, 0) is 6.54 Å². The van der Waals surface area contributed by atoms with Gasteiger partial charge in [-0.25, -0.2) is 4.98 Å². The van der Waals surface area contributed by atoms with E-state index in [0.29, 0.717) is 12.5 Å². The maximum absolute atomic E-state index is 5.59. The van der Waals surface area contributed by atoms with Gasteiger partial charge in [0, 0.05) is 12.5 Å². The van der Waals surface area contributed by atoms with Crippen molar-refractivity contribution in [3.05, 3.63) is 17.8 Å². The van der Waals surface area contributed by atoms with Crippen molar-refractivity contribution in [3.63, 3.8) is 0 Å². The lowest BCUT2D eigenvalue weighted by molar-refractivity contribution is 0.439. The Balaban J connectivity index is 1.83. The first-order valence-electron chi connectivity index (χ1n) is 5.00. The number of nitrogens with zero attached hydrogens (tertiary/aromatic N) is 1. The van der Waals surface area contributed by atoms with Gasteiger partial charge in [-0.2, -0.15) is 0 Å². The maximum Gasteiger partial charge on any atom is 0.181 e. The number of oxazole rings is 1. The third-order valence-corrected chi connectivity index (χ3v) is 3.48. The highest BCUT2D eigenvalue weighted by Crippen LogP contribution is 2.57. The number of nitrogens with two attached hydrogens (primary N) is 1. The van der Waals surface area contributed by atoms with Crippen LogP contribution in [0.3, 0.4) is 0 Å². The third kappa shape index (κ3) is 1.10. The highest BCUT2D eigenvalue weighted by atomic mass is 16.3. The van der Waals surface area contributed by atoms with Crippen LogP contribution in [0.15, 0.2) is 10.8 Å². The fourth-order valence-electron chi connectivity index (χ4n) is 2.69. The van der Waals surface area contributed by atoms with E-state index < -0.39 is 0 Å². The molecule has 2 unspecified atom stereocenters. The van der Waals surface area contributed by atoms with Crippen molar-refractivity contribution >= 4 is 0 Å². The van der Waals surface area contributed by atoms with E-state index in [1.54, 1.807) is 0 Å². The largest absolute Gasteiger partial charge is 0.448 e. The quantitative estimate of drug-likeness (QED) is 0.749. The van der Waals surface area contributed by atoms with E-state index in [2.05, 4.69) is 4.98 Å². The highest BCUT2D eigenvalue weighted by Gasteiger charge is 2.47. The Morgan fingerprint density at radius 2 is 2.15 bits per heavy atom. The smallest absolute Gasteiger partial charge is 0.181 e. The predicted molar refractivity (Wildman–Crippen MR) is 48.0 cm³/mol. The summed E-state index contributed by atoms with van der Waals surface area (Å²) in [7, 11) is 0. The predicted octanol–water partition coefficient (Wildman–Crippen LogP) is 1.65. The zero-order valence-corrected chi connectivity index (χ0v) is 7.57. The highest BCUT2D eigenvalue weighted by molar-refractivity contribution is 5.17. The third-order valence-electron chi connectivity index (χ3n) is 3.48. The Morgan fingerprint density at radius 3 is 2.85 bits per heavy atom. The molecule has 2 aliphatic carbocycles. The summed E-state index contributed by atoms with van der Waals surface area (Å²) in [5.74, 6) is 3.65. The van der Waals surface area contributed by atoms with Gasteiger partial charge in [-0.1, -0.05) is 0 Å². The summed E-state index contributed by atoms with van der Waals surface area (Å²) in [4.78, 5) is 4.13. The lowest BCUT2D eigenvalue weighted by Crippen LogP contribution is -2.04. The van der Waals surface area contributed by atoms with Crippen LogP contribution in [0.1, 0.15) is 36.6 Å². The first kappa shape index (κ1) is 7.56. The molecule has 13 heavy (non-hydrogen) atoms. The van der Waals surface area contributed by atoms with Crippen molar-refractivity contribution in [1.82, 2.24) is 4.98 Å². The molecule has 70 valence electrons. The van der Waals surface area contributed by atoms with Gasteiger partial charge in [-0.05, 0) is 31.1 Å². The second-order valence-electron chi connectivity index (χ2n) is 4.29. The fraction of sp³-hybridized carbons (Fsp3) is 0.700. The summed E-state index contributed by atoms with van der Waals surface area (Å²) >= 11 is 0. The second-order valence-corrected chi connectivity index (χ2v) is 4.29. The number of aromatic nitrogens is 1. The normalized spacial score (nSPS) is 36.2. The van der Waals surface area contributed by atoms with Crippen LogP contribution in [0.5, 0.6) is 0 Å².